The van der Waals surface area contributed by atoms with Crippen LogP contribution in [-0.2, 0) is 14.3 Å². The molecule has 2 aliphatic heterocycles. The zero-order chi connectivity index (χ0) is 19.9. The summed E-state index contributed by atoms with van der Waals surface area (Å²) < 4.78 is 11.0. The number of hydrogen-bond donors (Lipinski definition) is 0. The molecular formula is C22H30N2O4. The van der Waals surface area contributed by atoms with Crippen LogP contribution < -0.4 is 4.74 Å². The summed E-state index contributed by atoms with van der Waals surface area (Å²) in [5.74, 6) is 0.398. The largest absolute Gasteiger partial charge is 0.494 e. The molecule has 0 spiro atoms. The molecule has 0 aliphatic carbocycles. The summed E-state index contributed by atoms with van der Waals surface area (Å²) in [6.45, 7) is 7.87. The van der Waals surface area contributed by atoms with E-state index in [9.17, 15) is 9.59 Å². The van der Waals surface area contributed by atoms with Crippen molar-refractivity contribution >= 4 is 17.4 Å². The molecule has 2 aliphatic rings. The van der Waals surface area contributed by atoms with Gasteiger partial charge in [-0.05, 0) is 50.3 Å². The minimum absolute atomic E-state index is 0.176. The Morgan fingerprint density at radius 2 is 1.68 bits per heavy atom. The van der Waals surface area contributed by atoms with E-state index in [4.69, 9.17) is 9.47 Å². The topological polar surface area (TPSA) is 59.1 Å². The SMILES string of the molecule is CCCOc1ccc(C2=C(N3CCCC3)C(=O)N(CCCOCC)C2=O)cc1. The highest BCUT2D eigenvalue weighted by molar-refractivity contribution is 6.35. The normalized spacial score (nSPS) is 17.2. The standard InChI is InChI=1S/C22H30N2O4/c1-3-15-28-18-10-8-17(9-11-18)19-20(23-12-5-6-13-23)22(26)24(21(19)25)14-7-16-27-4-2/h8-11H,3-7,12-16H2,1-2H3. The van der Waals surface area contributed by atoms with Gasteiger partial charge in [0.05, 0.1) is 12.2 Å². The number of likely N-dealkylation sites (tertiary alicyclic amines) is 1. The van der Waals surface area contributed by atoms with Crippen LogP contribution in [-0.4, -0.2) is 61.1 Å². The molecule has 1 aromatic carbocycles. The first-order valence-electron chi connectivity index (χ1n) is 10.3. The zero-order valence-electron chi connectivity index (χ0n) is 16.9. The fraction of sp³-hybridized carbons (Fsp3) is 0.545. The van der Waals surface area contributed by atoms with Gasteiger partial charge in [-0.3, -0.25) is 14.5 Å². The van der Waals surface area contributed by atoms with Gasteiger partial charge in [-0.1, -0.05) is 19.1 Å². The minimum Gasteiger partial charge on any atom is -0.494 e. The Bertz CT molecular complexity index is 721. The molecule has 0 radical (unpaired) electrons. The summed E-state index contributed by atoms with van der Waals surface area (Å²) >= 11 is 0. The number of nitrogens with zero attached hydrogens (tertiary/aromatic N) is 2. The number of rotatable bonds is 10. The summed E-state index contributed by atoms with van der Waals surface area (Å²) in [7, 11) is 0. The van der Waals surface area contributed by atoms with Crippen molar-refractivity contribution in [1.29, 1.82) is 0 Å². The fourth-order valence-electron chi connectivity index (χ4n) is 3.67. The highest BCUT2D eigenvalue weighted by atomic mass is 16.5. The Morgan fingerprint density at radius 1 is 0.964 bits per heavy atom. The van der Waals surface area contributed by atoms with E-state index in [0.29, 0.717) is 44.1 Å². The lowest BCUT2D eigenvalue weighted by Gasteiger charge is -2.20. The molecule has 0 N–H and O–H groups in total. The van der Waals surface area contributed by atoms with E-state index in [0.717, 1.165) is 43.7 Å². The molecule has 6 nitrogen and oxygen atoms in total. The lowest BCUT2D eigenvalue weighted by molar-refractivity contribution is -0.137. The van der Waals surface area contributed by atoms with Gasteiger partial charge in [-0.25, -0.2) is 0 Å². The maximum absolute atomic E-state index is 13.2. The molecule has 3 rings (SSSR count). The van der Waals surface area contributed by atoms with Gasteiger partial charge in [-0.15, -0.1) is 0 Å². The van der Waals surface area contributed by atoms with Crippen LogP contribution in [0.2, 0.25) is 0 Å². The van der Waals surface area contributed by atoms with Crippen LogP contribution in [0.3, 0.4) is 0 Å². The molecule has 0 aromatic heterocycles. The molecule has 0 bridgehead atoms. The van der Waals surface area contributed by atoms with Gasteiger partial charge in [0.15, 0.2) is 0 Å². The number of amides is 2. The van der Waals surface area contributed by atoms with Gasteiger partial charge >= 0.3 is 0 Å². The van der Waals surface area contributed by atoms with Crippen LogP contribution in [0.15, 0.2) is 30.0 Å². The third kappa shape index (κ3) is 4.38. The molecule has 0 saturated carbocycles. The number of imide groups is 1. The summed E-state index contributed by atoms with van der Waals surface area (Å²) in [5.41, 5.74) is 1.85. The van der Waals surface area contributed by atoms with Gasteiger partial charge in [0, 0.05) is 32.8 Å². The van der Waals surface area contributed by atoms with Crippen molar-refractivity contribution in [1.82, 2.24) is 9.80 Å². The van der Waals surface area contributed by atoms with Crippen molar-refractivity contribution in [2.45, 2.75) is 39.5 Å². The van der Waals surface area contributed by atoms with Crippen molar-refractivity contribution in [3.63, 3.8) is 0 Å². The number of carbonyl (C=O) groups is 2. The van der Waals surface area contributed by atoms with Crippen molar-refractivity contribution < 1.29 is 19.1 Å². The molecular weight excluding hydrogens is 356 g/mol. The highest BCUT2D eigenvalue weighted by Crippen LogP contribution is 2.34. The average molecular weight is 386 g/mol. The number of ether oxygens (including phenoxy) is 2. The van der Waals surface area contributed by atoms with Gasteiger partial charge in [-0.2, -0.15) is 0 Å². The first kappa shape index (κ1) is 20.4. The highest BCUT2D eigenvalue weighted by Gasteiger charge is 2.41. The number of carbonyl (C=O) groups excluding carboxylic acids is 2. The van der Waals surface area contributed by atoms with Gasteiger partial charge in [0.2, 0.25) is 0 Å². The van der Waals surface area contributed by atoms with E-state index < -0.39 is 0 Å². The Balaban J connectivity index is 1.85. The Hall–Kier alpha value is -2.34. The molecule has 28 heavy (non-hydrogen) atoms. The third-order valence-corrected chi connectivity index (χ3v) is 5.06. The molecule has 1 aromatic rings. The summed E-state index contributed by atoms with van der Waals surface area (Å²) in [5, 5.41) is 0. The average Bonchev–Trinajstić information content (AvgIpc) is 3.31. The Labute approximate surface area is 167 Å². The molecule has 152 valence electrons. The lowest BCUT2D eigenvalue weighted by atomic mass is 10.0. The van der Waals surface area contributed by atoms with Crippen molar-refractivity contribution in [3.05, 3.63) is 35.5 Å². The first-order valence-corrected chi connectivity index (χ1v) is 10.3. The van der Waals surface area contributed by atoms with Crippen molar-refractivity contribution in [3.8, 4) is 5.75 Å². The molecule has 0 atom stereocenters. The van der Waals surface area contributed by atoms with Crippen molar-refractivity contribution in [2.75, 3.05) is 39.5 Å². The first-order chi connectivity index (χ1) is 13.7. The lowest BCUT2D eigenvalue weighted by Crippen LogP contribution is -2.35. The van der Waals surface area contributed by atoms with Gasteiger partial charge in [0.25, 0.3) is 11.8 Å². The van der Waals surface area contributed by atoms with Gasteiger partial charge < -0.3 is 14.4 Å². The molecule has 2 heterocycles. The van der Waals surface area contributed by atoms with E-state index in [-0.39, 0.29) is 11.8 Å². The molecule has 1 saturated heterocycles. The number of benzene rings is 1. The summed E-state index contributed by atoms with van der Waals surface area (Å²) in [4.78, 5) is 29.7. The van der Waals surface area contributed by atoms with E-state index in [1.54, 1.807) is 0 Å². The van der Waals surface area contributed by atoms with E-state index in [1.807, 2.05) is 31.2 Å². The Morgan fingerprint density at radius 3 is 2.32 bits per heavy atom. The molecule has 0 unspecified atom stereocenters. The monoisotopic (exact) mass is 386 g/mol. The predicted octanol–water partition coefficient (Wildman–Crippen LogP) is 3.08. The van der Waals surface area contributed by atoms with Crippen LogP contribution >= 0.6 is 0 Å². The van der Waals surface area contributed by atoms with Crippen LogP contribution in [0, 0.1) is 0 Å². The molecule has 2 amide bonds. The quantitative estimate of drug-likeness (QED) is 0.457. The second-order valence-corrected chi connectivity index (χ2v) is 7.10. The van der Waals surface area contributed by atoms with Gasteiger partial charge in [0.1, 0.15) is 11.4 Å². The van der Waals surface area contributed by atoms with Crippen LogP contribution in [0.4, 0.5) is 0 Å². The second-order valence-electron chi connectivity index (χ2n) is 7.10. The molecule has 1 fully saturated rings. The molecule has 6 heteroatoms. The maximum Gasteiger partial charge on any atom is 0.277 e. The maximum atomic E-state index is 13.2. The van der Waals surface area contributed by atoms with E-state index in [2.05, 4.69) is 11.8 Å². The summed E-state index contributed by atoms with van der Waals surface area (Å²) in [6.07, 6.45) is 3.68. The van der Waals surface area contributed by atoms with Crippen LogP contribution in [0.1, 0.15) is 45.1 Å². The zero-order valence-corrected chi connectivity index (χ0v) is 16.9. The number of hydrogen-bond acceptors (Lipinski definition) is 5. The van der Waals surface area contributed by atoms with E-state index >= 15 is 0 Å². The third-order valence-electron chi connectivity index (χ3n) is 5.06. The van der Waals surface area contributed by atoms with Crippen LogP contribution in [0.5, 0.6) is 5.75 Å². The predicted molar refractivity (Wildman–Crippen MR) is 108 cm³/mol. The fourth-order valence-corrected chi connectivity index (χ4v) is 3.67. The van der Waals surface area contributed by atoms with E-state index in [1.165, 1.54) is 4.90 Å². The van der Waals surface area contributed by atoms with Crippen LogP contribution in [0.25, 0.3) is 5.57 Å². The smallest absolute Gasteiger partial charge is 0.277 e. The minimum atomic E-state index is -0.203. The van der Waals surface area contributed by atoms with Crippen molar-refractivity contribution in [2.24, 2.45) is 0 Å². The Kier molecular flexibility index (Phi) is 7.09. The second kappa shape index (κ2) is 9.73. The summed E-state index contributed by atoms with van der Waals surface area (Å²) in [6, 6.07) is 7.50.